The zero-order valence-corrected chi connectivity index (χ0v) is 16.3. The van der Waals surface area contributed by atoms with E-state index in [-0.39, 0.29) is 0 Å². The van der Waals surface area contributed by atoms with Crippen molar-refractivity contribution < 1.29 is 10.0 Å². The summed E-state index contributed by atoms with van der Waals surface area (Å²) < 4.78 is 0. The molecule has 0 unspecified atom stereocenters. The molecule has 30 heavy (non-hydrogen) atoms. The van der Waals surface area contributed by atoms with Gasteiger partial charge in [-0.1, -0.05) is 78.9 Å². The molecule has 0 amide bonds. The van der Waals surface area contributed by atoms with Gasteiger partial charge >= 0.3 is 7.12 Å². The number of hydrogen-bond acceptors (Lipinski definition) is 3. The third-order valence-electron chi connectivity index (χ3n) is 5.45. The normalized spacial score (nSPS) is 11.0. The summed E-state index contributed by atoms with van der Waals surface area (Å²) in [7, 11) is -1.48. The lowest BCUT2D eigenvalue weighted by atomic mass is 9.80. The molecule has 0 radical (unpaired) electrons. The van der Waals surface area contributed by atoms with Crippen LogP contribution in [-0.4, -0.2) is 17.2 Å². The average molecular weight is 389 g/mol. The van der Waals surface area contributed by atoms with E-state index in [4.69, 9.17) is 0 Å². The van der Waals surface area contributed by atoms with Gasteiger partial charge in [-0.05, 0) is 52.0 Å². The lowest BCUT2D eigenvalue weighted by Gasteiger charge is -2.27. The molecule has 4 heteroatoms. The van der Waals surface area contributed by atoms with Crippen molar-refractivity contribution in [3.05, 3.63) is 109 Å². The Morgan fingerprint density at radius 2 is 1.10 bits per heavy atom. The molecule has 0 saturated carbocycles. The molecule has 5 rings (SSSR count). The second-order valence-electron chi connectivity index (χ2n) is 7.30. The highest BCUT2D eigenvalue weighted by atomic mass is 16.4. The SMILES string of the molecule is OB(O)c1ccc(N(c2ccccc2)c2cc3ccccc3c3ccccc23)cc1. The monoisotopic (exact) mass is 389 g/mol. The summed E-state index contributed by atoms with van der Waals surface area (Å²) in [6, 6.07) is 36.7. The van der Waals surface area contributed by atoms with Crippen LogP contribution in [-0.2, 0) is 0 Å². The second-order valence-corrected chi connectivity index (χ2v) is 7.30. The molecule has 144 valence electrons. The van der Waals surface area contributed by atoms with Crippen LogP contribution in [0.1, 0.15) is 0 Å². The third-order valence-corrected chi connectivity index (χ3v) is 5.45. The van der Waals surface area contributed by atoms with Gasteiger partial charge in [0.15, 0.2) is 0 Å². The van der Waals surface area contributed by atoms with Crippen molar-refractivity contribution in [1.29, 1.82) is 0 Å². The standard InChI is InChI=1S/C26H20BNO2/c29-27(30)20-14-16-22(17-15-20)28(21-9-2-1-3-10-21)26-18-19-8-4-5-11-23(19)24-12-6-7-13-25(24)26/h1-18,29-30H. The number of para-hydroxylation sites is 1. The molecule has 0 fully saturated rings. The van der Waals surface area contributed by atoms with Crippen LogP contribution in [0.5, 0.6) is 0 Å². The summed E-state index contributed by atoms with van der Waals surface area (Å²) in [4.78, 5) is 2.21. The Morgan fingerprint density at radius 1 is 0.533 bits per heavy atom. The molecule has 5 aromatic carbocycles. The van der Waals surface area contributed by atoms with Crippen LogP contribution >= 0.6 is 0 Å². The van der Waals surface area contributed by atoms with Gasteiger partial charge in [0.2, 0.25) is 0 Å². The van der Waals surface area contributed by atoms with E-state index in [1.54, 1.807) is 12.1 Å². The van der Waals surface area contributed by atoms with Crippen molar-refractivity contribution in [3.63, 3.8) is 0 Å². The molecule has 0 aliphatic carbocycles. The zero-order chi connectivity index (χ0) is 20.5. The number of nitrogens with zero attached hydrogens (tertiary/aromatic N) is 1. The fourth-order valence-electron chi connectivity index (χ4n) is 4.02. The molecule has 0 aromatic heterocycles. The minimum Gasteiger partial charge on any atom is -0.423 e. The predicted molar refractivity (Wildman–Crippen MR) is 126 cm³/mol. The van der Waals surface area contributed by atoms with Crippen molar-refractivity contribution in [3.8, 4) is 0 Å². The summed E-state index contributed by atoms with van der Waals surface area (Å²) in [5.41, 5.74) is 3.53. The van der Waals surface area contributed by atoms with Gasteiger partial charge in [0.1, 0.15) is 0 Å². The highest BCUT2D eigenvalue weighted by Crippen LogP contribution is 2.41. The molecule has 0 aliphatic heterocycles. The Hall–Kier alpha value is -3.60. The van der Waals surface area contributed by atoms with E-state index >= 15 is 0 Å². The first kappa shape index (κ1) is 18.4. The minimum atomic E-state index is -1.48. The summed E-state index contributed by atoms with van der Waals surface area (Å²) in [6.07, 6.45) is 0. The van der Waals surface area contributed by atoms with Gasteiger partial charge in [-0.15, -0.1) is 0 Å². The molecule has 2 N–H and O–H groups in total. The molecule has 0 spiro atoms. The maximum Gasteiger partial charge on any atom is 0.488 e. The third kappa shape index (κ3) is 3.22. The van der Waals surface area contributed by atoms with Crippen LogP contribution in [0.15, 0.2) is 109 Å². The lowest BCUT2D eigenvalue weighted by Crippen LogP contribution is -2.29. The Labute approximate surface area is 175 Å². The Balaban J connectivity index is 1.80. The highest BCUT2D eigenvalue weighted by Gasteiger charge is 2.18. The van der Waals surface area contributed by atoms with Crippen LogP contribution in [0, 0.1) is 0 Å². The second kappa shape index (κ2) is 7.67. The number of hydrogen-bond donors (Lipinski definition) is 2. The summed E-state index contributed by atoms with van der Waals surface area (Å²) in [6.45, 7) is 0. The van der Waals surface area contributed by atoms with Crippen LogP contribution in [0.3, 0.4) is 0 Å². The molecule has 0 aliphatic rings. The number of fused-ring (bicyclic) bond motifs is 3. The number of anilines is 3. The first-order valence-electron chi connectivity index (χ1n) is 9.94. The lowest BCUT2D eigenvalue weighted by molar-refractivity contribution is 0.426. The zero-order valence-electron chi connectivity index (χ0n) is 16.3. The molecule has 0 atom stereocenters. The average Bonchev–Trinajstić information content (AvgIpc) is 2.80. The van der Waals surface area contributed by atoms with E-state index in [1.807, 2.05) is 30.3 Å². The van der Waals surface area contributed by atoms with Crippen molar-refractivity contribution in [1.82, 2.24) is 0 Å². The Bertz CT molecular complexity index is 1320. The number of benzene rings is 5. The topological polar surface area (TPSA) is 43.7 Å². The quantitative estimate of drug-likeness (QED) is 0.330. The molecule has 0 heterocycles. The fraction of sp³-hybridized carbons (Fsp3) is 0. The Kier molecular flexibility index (Phi) is 4.72. The summed E-state index contributed by atoms with van der Waals surface area (Å²) in [5.74, 6) is 0. The van der Waals surface area contributed by atoms with E-state index in [1.165, 1.54) is 16.2 Å². The van der Waals surface area contributed by atoms with Crippen LogP contribution < -0.4 is 10.4 Å². The van der Waals surface area contributed by atoms with Crippen molar-refractivity contribution >= 4 is 51.2 Å². The van der Waals surface area contributed by atoms with E-state index in [2.05, 4.69) is 71.6 Å². The predicted octanol–water partition coefficient (Wildman–Crippen LogP) is 5.14. The Morgan fingerprint density at radius 3 is 1.80 bits per heavy atom. The summed E-state index contributed by atoms with van der Waals surface area (Å²) >= 11 is 0. The van der Waals surface area contributed by atoms with E-state index in [0.29, 0.717) is 5.46 Å². The maximum absolute atomic E-state index is 9.49. The fourth-order valence-corrected chi connectivity index (χ4v) is 4.02. The van der Waals surface area contributed by atoms with Gasteiger partial charge in [0.05, 0.1) is 5.69 Å². The van der Waals surface area contributed by atoms with Gasteiger partial charge in [-0.3, -0.25) is 0 Å². The van der Waals surface area contributed by atoms with Gasteiger partial charge in [0, 0.05) is 16.8 Å². The van der Waals surface area contributed by atoms with Crippen LogP contribution in [0.25, 0.3) is 21.5 Å². The van der Waals surface area contributed by atoms with Gasteiger partial charge in [-0.2, -0.15) is 0 Å². The highest BCUT2D eigenvalue weighted by molar-refractivity contribution is 6.58. The molecule has 0 bridgehead atoms. The first-order valence-corrected chi connectivity index (χ1v) is 9.94. The van der Waals surface area contributed by atoms with Gasteiger partial charge < -0.3 is 14.9 Å². The maximum atomic E-state index is 9.49. The van der Waals surface area contributed by atoms with E-state index in [0.717, 1.165) is 22.4 Å². The minimum absolute atomic E-state index is 0.468. The van der Waals surface area contributed by atoms with E-state index in [9.17, 15) is 10.0 Å². The van der Waals surface area contributed by atoms with Crippen LogP contribution in [0.4, 0.5) is 17.1 Å². The molecular formula is C26H20BNO2. The largest absolute Gasteiger partial charge is 0.488 e. The van der Waals surface area contributed by atoms with E-state index < -0.39 is 7.12 Å². The first-order chi connectivity index (χ1) is 14.7. The van der Waals surface area contributed by atoms with Crippen molar-refractivity contribution in [2.45, 2.75) is 0 Å². The van der Waals surface area contributed by atoms with Crippen molar-refractivity contribution in [2.75, 3.05) is 4.90 Å². The molecule has 0 saturated heterocycles. The van der Waals surface area contributed by atoms with Gasteiger partial charge in [0.25, 0.3) is 0 Å². The molecular weight excluding hydrogens is 369 g/mol. The van der Waals surface area contributed by atoms with Gasteiger partial charge in [-0.25, -0.2) is 0 Å². The molecule has 5 aromatic rings. The smallest absolute Gasteiger partial charge is 0.423 e. The number of rotatable bonds is 4. The van der Waals surface area contributed by atoms with Crippen LogP contribution in [0.2, 0.25) is 0 Å². The van der Waals surface area contributed by atoms with Crippen molar-refractivity contribution in [2.24, 2.45) is 0 Å². The molecule has 3 nitrogen and oxygen atoms in total. The summed E-state index contributed by atoms with van der Waals surface area (Å²) in [5, 5.41) is 23.7.